The van der Waals surface area contributed by atoms with Crippen LogP contribution < -0.4 is 15.8 Å². The lowest BCUT2D eigenvalue weighted by Crippen LogP contribution is -2.03. The second-order valence-corrected chi connectivity index (χ2v) is 3.36. The van der Waals surface area contributed by atoms with Gasteiger partial charge >= 0.3 is 0 Å². The van der Waals surface area contributed by atoms with Gasteiger partial charge in [0.1, 0.15) is 5.75 Å². The first-order chi connectivity index (χ1) is 6.63. The van der Waals surface area contributed by atoms with E-state index in [0.29, 0.717) is 17.3 Å². The highest BCUT2D eigenvalue weighted by Crippen LogP contribution is 2.24. The third kappa shape index (κ3) is 2.85. The SMILES string of the molecule is C=C(Cl)CNc1ccc(OC)cc1N. The van der Waals surface area contributed by atoms with Gasteiger partial charge in [-0.25, -0.2) is 0 Å². The van der Waals surface area contributed by atoms with Crippen LogP contribution in [0.25, 0.3) is 0 Å². The molecule has 3 nitrogen and oxygen atoms in total. The van der Waals surface area contributed by atoms with Crippen molar-refractivity contribution in [3.8, 4) is 5.75 Å². The fraction of sp³-hybridized carbons (Fsp3) is 0.200. The number of rotatable bonds is 4. The summed E-state index contributed by atoms with van der Waals surface area (Å²) in [5.41, 5.74) is 7.22. The quantitative estimate of drug-likeness (QED) is 0.754. The van der Waals surface area contributed by atoms with Crippen LogP contribution in [0.1, 0.15) is 0 Å². The molecule has 1 aromatic carbocycles. The molecule has 0 radical (unpaired) electrons. The van der Waals surface area contributed by atoms with Crippen LogP contribution in [0.5, 0.6) is 5.75 Å². The normalized spacial score (nSPS) is 9.57. The van der Waals surface area contributed by atoms with Gasteiger partial charge in [0.15, 0.2) is 0 Å². The number of nitrogen functional groups attached to an aromatic ring is 1. The lowest BCUT2D eigenvalue weighted by molar-refractivity contribution is 0.415. The predicted molar refractivity (Wildman–Crippen MR) is 60.9 cm³/mol. The third-order valence-electron chi connectivity index (χ3n) is 1.73. The molecule has 0 fully saturated rings. The second kappa shape index (κ2) is 4.77. The van der Waals surface area contributed by atoms with Gasteiger partial charge in [0, 0.05) is 11.1 Å². The van der Waals surface area contributed by atoms with E-state index < -0.39 is 0 Å². The lowest BCUT2D eigenvalue weighted by Gasteiger charge is -2.09. The summed E-state index contributed by atoms with van der Waals surface area (Å²) in [4.78, 5) is 0. The van der Waals surface area contributed by atoms with E-state index in [1.807, 2.05) is 12.1 Å². The number of hydrogen-bond acceptors (Lipinski definition) is 3. The van der Waals surface area contributed by atoms with Crippen molar-refractivity contribution in [3.05, 3.63) is 29.8 Å². The molecule has 1 rings (SSSR count). The lowest BCUT2D eigenvalue weighted by atomic mass is 10.2. The summed E-state index contributed by atoms with van der Waals surface area (Å²) in [6.45, 7) is 4.07. The second-order valence-electron chi connectivity index (χ2n) is 2.82. The Labute approximate surface area is 88.5 Å². The number of nitrogens with one attached hydrogen (secondary N) is 1. The van der Waals surface area contributed by atoms with Crippen LogP contribution in [0.15, 0.2) is 29.8 Å². The molecule has 0 atom stereocenters. The molecule has 0 spiro atoms. The van der Waals surface area contributed by atoms with Gasteiger partial charge in [0.2, 0.25) is 0 Å². The number of ether oxygens (including phenoxy) is 1. The monoisotopic (exact) mass is 212 g/mol. The molecule has 0 aliphatic heterocycles. The van der Waals surface area contributed by atoms with E-state index in [9.17, 15) is 0 Å². The highest BCUT2D eigenvalue weighted by Gasteiger charge is 2.00. The van der Waals surface area contributed by atoms with E-state index in [2.05, 4.69) is 11.9 Å². The van der Waals surface area contributed by atoms with Crippen LogP contribution in [0.3, 0.4) is 0 Å². The molecule has 0 unspecified atom stereocenters. The Morgan fingerprint density at radius 1 is 1.64 bits per heavy atom. The van der Waals surface area contributed by atoms with Gasteiger partial charge in [-0.1, -0.05) is 18.2 Å². The summed E-state index contributed by atoms with van der Waals surface area (Å²) in [6, 6.07) is 5.42. The molecule has 0 aliphatic rings. The molecule has 0 aromatic heterocycles. The van der Waals surface area contributed by atoms with Crippen LogP contribution in [0.2, 0.25) is 0 Å². The molecular weight excluding hydrogens is 200 g/mol. The molecule has 0 heterocycles. The van der Waals surface area contributed by atoms with E-state index in [1.54, 1.807) is 13.2 Å². The minimum Gasteiger partial charge on any atom is -0.497 e. The van der Waals surface area contributed by atoms with Crippen molar-refractivity contribution in [2.75, 3.05) is 24.7 Å². The third-order valence-corrected chi connectivity index (χ3v) is 1.86. The van der Waals surface area contributed by atoms with E-state index in [0.717, 1.165) is 11.4 Å². The zero-order valence-corrected chi connectivity index (χ0v) is 8.77. The Morgan fingerprint density at radius 3 is 2.86 bits per heavy atom. The number of hydrogen-bond donors (Lipinski definition) is 2. The molecule has 76 valence electrons. The van der Waals surface area contributed by atoms with Gasteiger partial charge in [-0.05, 0) is 12.1 Å². The molecule has 0 saturated heterocycles. The molecule has 14 heavy (non-hydrogen) atoms. The van der Waals surface area contributed by atoms with Gasteiger partial charge < -0.3 is 15.8 Å². The topological polar surface area (TPSA) is 47.3 Å². The van der Waals surface area contributed by atoms with Crippen molar-refractivity contribution in [1.29, 1.82) is 0 Å². The zero-order chi connectivity index (χ0) is 10.6. The Balaban J connectivity index is 2.73. The molecule has 0 bridgehead atoms. The maximum Gasteiger partial charge on any atom is 0.121 e. The number of halogens is 1. The fourth-order valence-electron chi connectivity index (χ4n) is 1.02. The van der Waals surface area contributed by atoms with E-state index >= 15 is 0 Å². The molecule has 3 N–H and O–H groups in total. The largest absolute Gasteiger partial charge is 0.497 e. The van der Waals surface area contributed by atoms with Crippen molar-refractivity contribution in [1.82, 2.24) is 0 Å². The maximum absolute atomic E-state index is 5.77. The number of methoxy groups -OCH3 is 1. The number of nitrogens with two attached hydrogens (primary N) is 1. The van der Waals surface area contributed by atoms with Crippen LogP contribution in [0, 0.1) is 0 Å². The smallest absolute Gasteiger partial charge is 0.121 e. The Kier molecular flexibility index (Phi) is 3.65. The molecule has 0 saturated carbocycles. The molecular formula is C10H13ClN2O. The molecule has 1 aromatic rings. The Bertz CT molecular complexity index is 339. The van der Waals surface area contributed by atoms with Crippen LogP contribution >= 0.6 is 11.6 Å². The van der Waals surface area contributed by atoms with Gasteiger partial charge in [-0.3, -0.25) is 0 Å². The van der Waals surface area contributed by atoms with Crippen molar-refractivity contribution < 1.29 is 4.74 Å². The molecule has 0 aliphatic carbocycles. The van der Waals surface area contributed by atoms with Gasteiger partial charge in [-0.2, -0.15) is 0 Å². The summed E-state index contributed by atoms with van der Waals surface area (Å²) in [6.07, 6.45) is 0. The highest BCUT2D eigenvalue weighted by molar-refractivity contribution is 6.29. The first-order valence-corrected chi connectivity index (χ1v) is 4.52. The van der Waals surface area contributed by atoms with Crippen molar-refractivity contribution >= 4 is 23.0 Å². The fourth-order valence-corrected chi connectivity index (χ4v) is 1.09. The van der Waals surface area contributed by atoms with Crippen molar-refractivity contribution in [2.45, 2.75) is 0 Å². The predicted octanol–water partition coefficient (Wildman–Crippen LogP) is 2.44. The zero-order valence-electron chi connectivity index (χ0n) is 8.01. The van der Waals surface area contributed by atoms with E-state index in [1.165, 1.54) is 0 Å². The first-order valence-electron chi connectivity index (χ1n) is 4.14. The summed E-state index contributed by atoms with van der Waals surface area (Å²) >= 11 is 5.62. The van der Waals surface area contributed by atoms with Crippen LogP contribution in [0.4, 0.5) is 11.4 Å². The maximum atomic E-state index is 5.77. The van der Waals surface area contributed by atoms with Gasteiger partial charge in [-0.15, -0.1) is 0 Å². The average Bonchev–Trinajstić information content (AvgIpc) is 2.15. The minimum atomic E-state index is 0.498. The molecule has 0 amide bonds. The van der Waals surface area contributed by atoms with Crippen LogP contribution in [-0.4, -0.2) is 13.7 Å². The van der Waals surface area contributed by atoms with E-state index in [4.69, 9.17) is 22.1 Å². The molecule has 4 heteroatoms. The minimum absolute atomic E-state index is 0.498. The van der Waals surface area contributed by atoms with E-state index in [-0.39, 0.29) is 0 Å². The van der Waals surface area contributed by atoms with Crippen molar-refractivity contribution in [3.63, 3.8) is 0 Å². The Hall–Kier alpha value is -1.35. The number of benzene rings is 1. The van der Waals surface area contributed by atoms with Gasteiger partial charge in [0.25, 0.3) is 0 Å². The van der Waals surface area contributed by atoms with Crippen molar-refractivity contribution in [2.24, 2.45) is 0 Å². The Morgan fingerprint density at radius 2 is 2.36 bits per heavy atom. The number of anilines is 2. The van der Waals surface area contributed by atoms with Crippen LogP contribution in [-0.2, 0) is 0 Å². The summed E-state index contributed by atoms with van der Waals surface area (Å²) in [7, 11) is 1.60. The average molecular weight is 213 g/mol. The summed E-state index contributed by atoms with van der Waals surface area (Å²) in [5.74, 6) is 0.734. The highest BCUT2D eigenvalue weighted by atomic mass is 35.5. The summed E-state index contributed by atoms with van der Waals surface area (Å²) < 4.78 is 5.02. The first kappa shape index (κ1) is 10.7. The van der Waals surface area contributed by atoms with Gasteiger partial charge in [0.05, 0.1) is 25.0 Å². The standard InChI is InChI=1S/C10H13ClN2O/c1-7(11)6-13-10-4-3-8(14-2)5-9(10)12/h3-5,13H,1,6,12H2,2H3. The summed E-state index contributed by atoms with van der Waals surface area (Å²) in [5, 5.41) is 3.59.